The quantitative estimate of drug-likeness (QED) is 0.412. The summed E-state index contributed by atoms with van der Waals surface area (Å²) in [5.74, 6) is 8.85. The highest BCUT2D eigenvalue weighted by Gasteiger charge is 2.20. The van der Waals surface area contributed by atoms with E-state index in [4.69, 9.17) is 4.74 Å². The molecule has 2 aromatic carbocycles. The molecule has 0 amide bonds. The molecule has 0 aromatic heterocycles. The van der Waals surface area contributed by atoms with Crippen LogP contribution in [0.5, 0.6) is 5.75 Å². The summed E-state index contributed by atoms with van der Waals surface area (Å²) in [7, 11) is 0. The Morgan fingerprint density at radius 2 is 1.63 bits per heavy atom. The fourth-order valence-corrected chi connectivity index (χ4v) is 4.15. The van der Waals surface area contributed by atoms with Gasteiger partial charge in [-0.2, -0.15) is 0 Å². The van der Waals surface area contributed by atoms with Crippen molar-refractivity contribution in [3.8, 4) is 17.6 Å². The molecule has 0 aliphatic heterocycles. The fraction of sp³-hybridized carbons (Fsp3) is 0.448. The van der Waals surface area contributed by atoms with Gasteiger partial charge in [0.1, 0.15) is 5.75 Å². The Morgan fingerprint density at radius 3 is 2.30 bits per heavy atom. The van der Waals surface area contributed by atoms with Crippen molar-refractivity contribution in [2.75, 3.05) is 6.61 Å². The maximum atomic E-state index is 5.70. The van der Waals surface area contributed by atoms with Crippen LogP contribution in [0.1, 0.15) is 81.4 Å². The molecule has 0 N–H and O–H groups in total. The predicted octanol–water partition coefficient (Wildman–Crippen LogP) is 7.70. The number of allylic oxidation sites excluding steroid dienone is 2. The smallest absolute Gasteiger partial charge is 0.119 e. The van der Waals surface area contributed by atoms with E-state index >= 15 is 0 Å². The van der Waals surface area contributed by atoms with Crippen molar-refractivity contribution < 1.29 is 4.74 Å². The second-order valence-corrected chi connectivity index (χ2v) is 8.46. The molecule has 1 fully saturated rings. The highest BCUT2D eigenvalue weighted by Crippen LogP contribution is 2.36. The second-order valence-electron chi connectivity index (χ2n) is 8.46. The average molecular weight is 401 g/mol. The summed E-state index contributed by atoms with van der Waals surface area (Å²) >= 11 is 0. The molecule has 0 heterocycles. The normalized spacial score (nSPS) is 18.7. The molecule has 1 nitrogen and oxygen atoms in total. The zero-order valence-electron chi connectivity index (χ0n) is 18.7. The maximum Gasteiger partial charge on any atom is 0.119 e. The van der Waals surface area contributed by atoms with Gasteiger partial charge in [-0.1, -0.05) is 62.5 Å². The Morgan fingerprint density at radius 1 is 0.900 bits per heavy atom. The minimum Gasteiger partial charge on any atom is -0.494 e. The molecule has 0 atom stereocenters. The van der Waals surface area contributed by atoms with Crippen LogP contribution in [0.2, 0.25) is 0 Å². The molecule has 1 saturated carbocycles. The molecule has 0 spiro atoms. The summed E-state index contributed by atoms with van der Waals surface area (Å²) in [6.07, 6.45) is 14.1. The first-order chi connectivity index (χ1) is 14.8. The van der Waals surface area contributed by atoms with Crippen molar-refractivity contribution in [3.05, 3.63) is 77.4 Å². The number of unbranched alkanes of at least 4 members (excludes halogenated alkanes) is 1. The first-order valence-corrected chi connectivity index (χ1v) is 11.8. The molecule has 0 radical (unpaired) electrons. The van der Waals surface area contributed by atoms with Gasteiger partial charge in [0.25, 0.3) is 0 Å². The highest BCUT2D eigenvalue weighted by molar-refractivity contribution is 5.38. The SMILES string of the molecule is CCCCc1ccc(C#CC=C[C@H]2CC[C@H](c3ccc(OCCC)cc3)CC2)cc1. The number of aryl methyl sites for hydroxylation is 1. The molecule has 0 saturated heterocycles. The Hall–Kier alpha value is -2.46. The lowest BCUT2D eigenvalue weighted by molar-refractivity contribution is 0.317. The third kappa shape index (κ3) is 7.10. The van der Waals surface area contributed by atoms with Crippen molar-refractivity contribution in [2.45, 2.75) is 71.1 Å². The molecule has 0 unspecified atom stereocenters. The molecule has 1 aliphatic carbocycles. The van der Waals surface area contributed by atoms with Crippen molar-refractivity contribution in [2.24, 2.45) is 5.92 Å². The topological polar surface area (TPSA) is 9.23 Å². The number of rotatable bonds is 8. The Labute approximate surface area is 183 Å². The van der Waals surface area contributed by atoms with Crippen LogP contribution < -0.4 is 4.74 Å². The van der Waals surface area contributed by atoms with Crippen molar-refractivity contribution >= 4 is 0 Å². The van der Waals surface area contributed by atoms with Gasteiger partial charge in [0, 0.05) is 5.56 Å². The summed E-state index contributed by atoms with van der Waals surface area (Å²) in [5, 5.41) is 0. The zero-order valence-corrected chi connectivity index (χ0v) is 18.7. The van der Waals surface area contributed by atoms with Crippen LogP contribution in [-0.4, -0.2) is 6.61 Å². The van der Waals surface area contributed by atoms with Crippen LogP contribution >= 0.6 is 0 Å². The molecular formula is C29H36O. The van der Waals surface area contributed by atoms with E-state index in [0.29, 0.717) is 11.8 Å². The van der Waals surface area contributed by atoms with Crippen LogP contribution in [-0.2, 0) is 6.42 Å². The van der Waals surface area contributed by atoms with Crippen molar-refractivity contribution in [1.29, 1.82) is 0 Å². The van der Waals surface area contributed by atoms with Gasteiger partial charge in [0.15, 0.2) is 0 Å². The molecule has 0 bridgehead atoms. The average Bonchev–Trinajstić information content (AvgIpc) is 2.81. The van der Waals surface area contributed by atoms with Gasteiger partial charge in [0.2, 0.25) is 0 Å². The van der Waals surface area contributed by atoms with Crippen molar-refractivity contribution in [1.82, 2.24) is 0 Å². The van der Waals surface area contributed by atoms with E-state index in [-0.39, 0.29) is 0 Å². The van der Waals surface area contributed by atoms with E-state index < -0.39 is 0 Å². The van der Waals surface area contributed by atoms with Gasteiger partial charge >= 0.3 is 0 Å². The molecular weight excluding hydrogens is 364 g/mol. The predicted molar refractivity (Wildman–Crippen MR) is 128 cm³/mol. The number of hydrogen-bond acceptors (Lipinski definition) is 1. The standard InChI is InChI=1S/C29H36O/c1-3-5-8-24-11-13-25(14-12-24)9-6-7-10-26-15-17-27(18-16-26)28-19-21-29(22-20-28)30-23-4-2/h7,10-14,19-22,26-27H,3-5,8,15-18,23H2,1-2H3/t26-,27-. The van der Waals surface area contributed by atoms with Crippen molar-refractivity contribution in [3.63, 3.8) is 0 Å². The van der Waals surface area contributed by atoms with Gasteiger partial charge in [-0.15, -0.1) is 0 Å². The van der Waals surface area contributed by atoms with E-state index in [0.717, 1.165) is 24.3 Å². The second kappa shape index (κ2) is 12.3. The number of ether oxygens (including phenoxy) is 1. The van der Waals surface area contributed by atoms with Crippen LogP contribution in [0.15, 0.2) is 60.7 Å². The zero-order chi connectivity index (χ0) is 21.0. The maximum absolute atomic E-state index is 5.70. The molecule has 2 aromatic rings. The first kappa shape index (κ1) is 22.2. The fourth-order valence-electron chi connectivity index (χ4n) is 4.15. The van der Waals surface area contributed by atoms with E-state index in [9.17, 15) is 0 Å². The summed E-state index contributed by atoms with van der Waals surface area (Å²) in [5.41, 5.74) is 3.98. The van der Waals surface area contributed by atoms with E-state index in [1.165, 1.54) is 56.1 Å². The van der Waals surface area contributed by atoms with Crippen LogP contribution in [0.3, 0.4) is 0 Å². The lowest BCUT2D eigenvalue weighted by Gasteiger charge is -2.27. The Balaban J connectivity index is 1.43. The summed E-state index contributed by atoms with van der Waals surface area (Å²) in [6.45, 7) is 5.17. The lowest BCUT2D eigenvalue weighted by atomic mass is 9.78. The third-order valence-corrected chi connectivity index (χ3v) is 6.04. The van der Waals surface area contributed by atoms with Gasteiger partial charge < -0.3 is 4.74 Å². The first-order valence-electron chi connectivity index (χ1n) is 11.8. The van der Waals surface area contributed by atoms with Gasteiger partial charge in [-0.25, -0.2) is 0 Å². The number of benzene rings is 2. The van der Waals surface area contributed by atoms with Gasteiger partial charge in [0.05, 0.1) is 6.61 Å². The lowest BCUT2D eigenvalue weighted by Crippen LogP contribution is -2.11. The molecule has 30 heavy (non-hydrogen) atoms. The largest absolute Gasteiger partial charge is 0.494 e. The van der Waals surface area contributed by atoms with Crippen LogP contribution in [0, 0.1) is 17.8 Å². The molecule has 158 valence electrons. The summed E-state index contributed by atoms with van der Waals surface area (Å²) < 4.78 is 5.70. The Kier molecular flexibility index (Phi) is 9.10. The van der Waals surface area contributed by atoms with E-state index in [2.05, 4.69) is 86.4 Å². The molecule has 1 aliphatic rings. The van der Waals surface area contributed by atoms with Crippen LogP contribution in [0.4, 0.5) is 0 Å². The Bertz CT molecular complexity index is 825. The minimum absolute atomic E-state index is 0.666. The van der Waals surface area contributed by atoms with Gasteiger partial charge in [-0.05, 0) is 98.2 Å². The third-order valence-electron chi connectivity index (χ3n) is 6.04. The number of hydrogen-bond donors (Lipinski definition) is 0. The summed E-state index contributed by atoms with van der Waals surface area (Å²) in [6, 6.07) is 17.5. The monoisotopic (exact) mass is 400 g/mol. The molecule has 3 rings (SSSR count). The minimum atomic E-state index is 0.666. The highest BCUT2D eigenvalue weighted by atomic mass is 16.5. The van der Waals surface area contributed by atoms with E-state index in [1.807, 2.05) is 0 Å². The van der Waals surface area contributed by atoms with Gasteiger partial charge in [-0.3, -0.25) is 0 Å². The van der Waals surface area contributed by atoms with E-state index in [1.54, 1.807) is 0 Å². The van der Waals surface area contributed by atoms with Crippen LogP contribution in [0.25, 0.3) is 0 Å². The summed E-state index contributed by atoms with van der Waals surface area (Å²) in [4.78, 5) is 0. The molecule has 1 heteroatoms.